The van der Waals surface area contributed by atoms with E-state index in [2.05, 4.69) is 22.8 Å². The SMILES string of the molecule is O=C(NCCO)c1ccc2nc(-c3csc4ccccc34)sc2c1. The molecular formula is C18H14N2O2S2. The van der Waals surface area contributed by atoms with Gasteiger partial charge in [-0.15, -0.1) is 22.7 Å². The summed E-state index contributed by atoms with van der Waals surface area (Å²) in [6.45, 7) is 0.190. The van der Waals surface area contributed by atoms with Crippen LogP contribution in [0, 0.1) is 0 Å². The number of amides is 1. The predicted molar refractivity (Wildman–Crippen MR) is 99.9 cm³/mol. The molecule has 0 saturated carbocycles. The highest BCUT2D eigenvalue weighted by atomic mass is 32.1. The van der Waals surface area contributed by atoms with Crippen molar-refractivity contribution in [2.24, 2.45) is 0 Å². The van der Waals surface area contributed by atoms with Gasteiger partial charge in [0.25, 0.3) is 5.91 Å². The van der Waals surface area contributed by atoms with Crippen LogP contribution in [0.4, 0.5) is 0 Å². The van der Waals surface area contributed by atoms with Gasteiger partial charge < -0.3 is 10.4 Å². The third kappa shape index (κ3) is 2.69. The monoisotopic (exact) mass is 354 g/mol. The molecule has 0 radical (unpaired) electrons. The number of carbonyl (C=O) groups is 1. The zero-order chi connectivity index (χ0) is 16.5. The maximum absolute atomic E-state index is 12.0. The number of aliphatic hydroxyl groups excluding tert-OH is 1. The van der Waals surface area contributed by atoms with Gasteiger partial charge in [-0.2, -0.15) is 0 Å². The van der Waals surface area contributed by atoms with E-state index in [0.717, 1.165) is 20.8 Å². The molecular weight excluding hydrogens is 340 g/mol. The summed E-state index contributed by atoms with van der Waals surface area (Å²) in [4.78, 5) is 16.7. The van der Waals surface area contributed by atoms with E-state index >= 15 is 0 Å². The van der Waals surface area contributed by atoms with Gasteiger partial charge in [0.2, 0.25) is 0 Å². The zero-order valence-corrected chi connectivity index (χ0v) is 14.3. The van der Waals surface area contributed by atoms with Gasteiger partial charge in [-0.3, -0.25) is 4.79 Å². The lowest BCUT2D eigenvalue weighted by Crippen LogP contribution is -2.26. The van der Waals surface area contributed by atoms with Crippen LogP contribution in [0.15, 0.2) is 47.8 Å². The van der Waals surface area contributed by atoms with Gasteiger partial charge in [0.15, 0.2) is 0 Å². The average Bonchev–Trinajstić information content (AvgIpc) is 3.22. The average molecular weight is 354 g/mol. The lowest BCUT2D eigenvalue weighted by atomic mass is 10.2. The van der Waals surface area contributed by atoms with Crippen LogP contribution in [0.5, 0.6) is 0 Å². The molecule has 0 fully saturated rings. The molecule has 24 heavy (non-hydrogen) atoms. The number of nitrogens with zero attached hydrogens (tertiary/aromatic N) is 1. The first-order valence-electron chi connectivity index (χ1n) is 7.52. The largest absolute Gasteiger partial charge is 0.395 e. The molecule has 2 aromatic carbocycles. The van der Waals surface area contributed by atoms with Crippen LogP contribution in [0.25, 0.3) is 30.9 Å². The minimum atomic E-state index is -0.179. The second-order valence-electron chi connectivity index (χ2n) is 5.33. The minimum absolute atomic E-state index is 0.0656. The minimum Gasteiger partial charge on any atom is -0.395 e. The van der Waals surface area contributed by atoms with Crippen molar-refractivity contribution in [1.29, 1.82) is 0 Å². The quantitative estimate of drug-likeness (QED) is 0.584. The second-order valence-corrected chi connectivity index (χ2v) is 7.27. The fourth-order valence-corrected chi connectivity index (χ4v) is 4.65. The number of nitrogens with one attached hydrogen (secondary N) is 1. The van der Waals surface area contributed by atoms with Gasteiger partial charge >= 0.3 is 0 Å². The Morgan fingerprint density at radius 3 is 2.92 bits per heavy atom. The lowest BCUT2D eigenvalue weighted by Gasteiger charge is -2.02. The molecule has 0 bridgehead atoms. The van der Waals surface area contributed by atoms with Crippen molar-refractivity contribution in [1.82, 2.24) is 10.3 Å². The molecule has 4 aromatic rings. The Morgan fingerprint density at radius 2 is 2.04 bits per heavy atom. The van der Waals surface area contributed by atoms with Gasteiger partial charge in [-0.05, 0) is 24.3 Å². The Kier molecular flexibility index (Phi) is 4.02. The van der Waals surface area contributed by atoms with Crippen LogP contribution >= 0.6 is 22.7 Å². The summed E-state index contributed by atoms with van der Waals surface area (Å²) in [5.74, 6) is -0.179. The lowest BCUT2D eigenvalue weighted by molar-refractivity contribution is 0.0945. The molecule has 0 aliphatic carbocycles. The number of thiazole rings is 1. The zero-order valence-electron chi connectivity index (χ0n) is 12.7. The van der Waals surface area contributed by atoms with E-state index in [-0.39, 0.29) is 19.1 Å². The molecule has 4 nitrogen and oxygen atoms in total. The maximum atomic E-state index is 12.0. The Labute approximate surface area is 146 Å². The molecule has 1 amide bonds. The third-order valence-corrected chi connectivity index (χ3v) is 5.77. The summed E-state index contributed by atoms with van der Waals surface area (Å²) < 4.78 is 2.23. The highest BCUT2D eigenvalue weighted by Crippen LogP contribution is 2.38. The maximum Gasteiger partial charge on any atom is 0.251 e. The Hall–Kier alpha value is -2.28. The summed E-state index contributed by atoms with van der Waals surface area (Å²) in [7, 11) is 0. The summed E-state index contributed by atoms with van der Waals surface area (Å²) in [5, 5.41) is 15.8. The van der Waals surface area contributed by atoms with Crippen molar-refractivity contribution in [3.63, 3.8) is 0 Å². The number of benzene rings is 2. The van der Waals surface area contributed by atoms with Gasteiger partial charge in [0.05, 0.1) is 16.8 Å². The molecule has 0 saturated heterocycles. The van der Waals surface area contributed by atoms with Gasteiger partial charge in [-0.25, -0.2) is 4.98 Å². The molecule has 120 valence electrons. The third-order valence-electron chi connectivity index (χ3n) is 3.76. The molecule has 0 aliphatic heterocycles. The molecule has 0 aliphatic rings. The summed E-state index contributed by atoms with van der Waals surface area (Å²) in [5.41, 5.74) is 2.62. The molecule has 4 rings (SSSR count). The van der Waals surface area contributed by atoms with Crippen LogP contribution in [-0.4, -0.2) is 29.1 Å². The number of carbonyl (C=O) groups excluding carboxylic acids is 1. The highest BCUT2D eigenvalue weighted by Gasteiger charge is 2.13. The molecule has 0 spiro atoms. The van der Waals surface area contributed by atoms with Crippen LogP contribution in [-0.2, 0) is 0 Å². The van der Waals surface area contributed by atoms with Crippen molar-refractivity contribution < 1.29 is 9.90 Å². The van der Waals surface area contributed by atoms with Gasteiger partial charge in [-0.1, -0.05) is 18.2 Å². The fourth-order valence-electron chi connectivity index (χ4n) is 2.60. The van der Waals surface area contributed by atoms with E-state index in [0.29, 0.717) is 5.56 Å². The molecule has 2 aromatic heterocycles. The predicted octanol–water partition coefficient (Wildman–Crippen LogP) is 3.90. The number of hydrogen-bond acceptors (Lipinski definition) is 5. The standard InChI is InChI=1S/C18H14N2O2S2/c21-8-7-19-17(22)11-5-6-14-16(9-11)24-18(20-14)13-10-23-15-4-2-1-3-12(13)15/h1-6,9-10,21H,7-8H2,(H,19,22). The number of rotatable bonds is 4. The first-order chi connectivity index (χ1) is 11.8. The van der Waals surface area contributed by atoms with E-state index < -0.39 is 0 Å². The van der Waals surface area contributed by atoms with Crippen LogP contribution in [0.1, 0.15) is 10.4 Å². The van der Waals surface area contributed by atoms with Crippen molar-refractivity contribution >= 4 is 48.9 Å². The highest BCUT2D eigenvalue weighted by molar-refractivity contribution is 7.22. The van der Waals surface area contributed by atoms with E-state index in [1.807, 2.05) is 24.3 Å². The summed E-state index contributed by atoms with van der Waals surface area (Å²) >= 11 is 3.31. The smallest absolute Gasteiger partial charge is 0.251 e. The first-order valence-corrected chi connectivity index (χ1v) is 9.22. The molecule has 0 unspecified atom stereocenters. The fraction of sp³-hybridized carbons (Fsp3) is 0.111. The van der Waals surface area contributed by atoms with E-state index in [1.165, 1.54) is 10.1 Å². The van der Waals surface area contributed by atoms with E-state index in [9.17, 15) is 4.79 Å². The molecule has 0 atom stereocenters. The first kappa shape index (κ1) is 15.3. The Balaban J connectivity index is 1.74. The number of fused-ring (bicyclic) bond motifs is 2. The van der Waals surface area contributed by atoms with Gasteiger partial charge in [0.1, 0.15) is 5.01 Å². The van der Waals surface area contributed by atoms with Gasteiger partial charge in [0, 0.05) is 33.1 Å². The van der Waals surface area contributed by atoms with E-state index in [1.54, 1.807) is 28.7 Å². The summed E-state index contributed by atoms with van der Waals surface area (Å²) in [6, 6.07) is 13.8. The van der Waals surface area contributed by atoms with Crippen LogP contribution in [0.2, 0.25) is 0 Å². The van der Waals surface area contributed by atoms with Crippen LogP contribution in [0.3, 0.4) is 0 Å². The second kappa shape index (κ2) is 6.32. The molecule has 2 heterocycles. The van der Waals surface area contributed by atoms with Crippen molar-refractivity contribution in [2.45, 2.75) is 0 Å². The van der Waals surface area contributed by atoms with E-state index in [4.69, 9.17) is 10.1 Å². The topological polar surface area (TPSA) is 62.2 Å². The number of thiophene rings is 1. The Bertz CT molecular complexity index is 1040. The van der Waals surface area contributed by atoms with Crippen molar-refractivity contribution in [3.05, 3.63) is 53.4 Å². The molecule has 2 N–H and O–H groups in total. The number of hydrogen-bond donors (Lipinski definition) is 2. The normalized spacial score (nSPS) is 11.2. The van der Waals surface area contributed by atoms with Crippen LogP contribution < -0.4 is 5.32 Å². The summed E-state index contributed by atoms with van der Waals surface area (Å²) in [6.07, 6.45) is 0. The number of aromatic nitrogens is 1. The molecule has 6 heteroatoms. The van der Waals surface area contributed by atoms with Crippen molar-refractivity contribution in [2.75, 3.05) is 13.2 Å². The van der Waals surface area contributed by atoms with Crippen molar-refractivity contribution in [3.8, 4) is 10.6 Å². The Morgan fingerprint density at radius 1 is 1.17 bits per heavy atom. The number of aliphatic hydroxyl groups is 1.